The molecule has 0 aromatic heterocycles. The summed E-state index contributed by atoms with van der Waals surface area (Å²) in [6.07, 6.45) is 0.688. The largest absolute Gasteiger partial charge is 0.488 e. The Labute approximate surface area is 134 Å². The van der Waals surface area contributed by atoms with Crippen molar-refractivity contribution in [3.05, 3.63) is 42.0 Å². The summed E-state index contributed by atoms with van der Waals surface area (Å²) in [6.45, 7) is 15.5. The summed E-state index contributed by atoms with van der Waals surface area (Å²) in [4.78, 5) is 12.0. The van der Waals surface area contributed by atoms with Gasteiger partial charge in [-0.2, -0.15) is 0 Å². The number of rotatable bonds is 8. The van der Waals surface area contributed by atoms with Gasteiger partial charge < -0.3 is 9.47 Å². The van der Waals surface area contributed by atoms with E-state index in [4.69, 9.17) is 9.47 Å². The van der Waals surface area contributed by atoms with E-state index in [9.17, 15) is 4.79 Å². The molecular formula is C19H28O3. The van der Waals surface area contributed by atoms with E-state index < -0.39 is 5.60 Å². The molecule has 0 spiro atoms. The molecule has 0 aliphatic rings. The number of hydrogen-bond acceptors (Lipinski definition) is 3. The molecule has 3 nitrogen and oxygen atoms in total. The van der Waals surface area contributed by atoms with Crippen LogP contribution in [0.4, 0.5) is 0 Å². The van der Waals surface area contributed by atoms with E-state index in [0.29, 0.717) is 18.6 Å². The number of carbonyl (C=O) groups is 1. The van der Waals surface area contributed by atoms with Gasteiger partial charge in [-0.3, -0.25) is 4.79 Å². The van der Waals surface area contributed by atoms with E-state index >= 15 is 0 Å². The number of benzene rings is 1. The summed E-state index contributed by atoms with van der Waals surface area (Å²) in [6, 6.07) is 7.98. The van der Waals surface area contributed by atoms with Crippen LogP contribution < -0.4 is 4.74 Å². The van der Waals surface area contributed by atoms with E-state index in [1.807, 2.05) is 45.0 Å². The van der Waals surface area contributed by atoms with Crippen molar-refractivity contribution in [1.82, 2.24) is 0 Å². The molecule has 0 unspecified atom stereocenters. The predicted octanol–water partition coefficient (Wildman–Crippen LogP) is 4.48. The minimum atomic E-state index is -0.841. The van der Waals surface area contributed by atoms with Crippen LogP contribution in [0.15, 0.2) is 36.4 Å². The van der Waals surface area contributed by atoms with Crippen molar-refractivity contribution in [2.75, 3.05) is 6.61 Å². The molecule has 1 aromatic carbocycles. The highest BCUT2D eigenvalue weighted by atomic mass is 16.5. The molecule has 0 amide bonds. The highest BCUT2D eigenvalue weighted by Crippen LogP contribution is 2.23. The van der Waals surface area contributed by atoms with Crippen molar-refractivity contribution in [2.45, 2.75) is 59.2 Å². The van der Waals surface area contributed by atoms with Gasteiger partial charge in [0.15, 0.2) is 5.78 Å². The van der Waals surface area contributed by atoms with E-state index in [1.54, 1.807) is 20.8 Å². The van der Waals surface area contributed by atoms with Crippen molar-refractivity contribution < 1.29 is 14.3 Å². The summed E-state index contributed by atoms with van der Waals surface area (Å²) in [5.41, 5.74) is 0.511. The smallest absolute Gasteiger partial charge is 0.189 e. The lowest BCUT2D eigenvalue weighted by atomic mass is 9.98. The van der Waals surface area contributed by atoms with Gasteiger partial charge in [-0.1, -0.05) is 24.3 Å². The number of aryl methyl sites for hydroxylation is 1. The molecule has 0 saturated heterocycles. The number of hydrogen-bond donors (Lipinski definition) is 0. The second kappa shape index (κ2) is 7.10. The van der Waals surface area contributed by atoms with Crippen LogP contribution in [0, 0.1) is 6.92 Å². The molecule has 1 aromatic rings. The van der Waals surface area contributed by atoms with Crippen LogP contribution in [-0.2, 0) is 9.53 Å². The summed E-state index contributed by atoms with van der Waals surface area (Å²) >= 11 is 0. The lowest BCUT2D eigenvalue weighted by Gasteiger charge is -2.29. The predicted molar refractivity (Wildman–Crippen MR) is 90.4 cm³/mol. The maximum absolute atomic E-state index is 12.0. The van der Waals surface area contributed by atoms with Crippen molar-refractivity contribution in [1.29, 1.82) is 0 Å². The molecule has 3 heteroatoms. The molecule has 1 rings (SSSR count). The first kappa shape index (κ1) is 18.4. The molecule has 0 bridgehead atoms. The first-order valence-corrected chi connectivity index (χ1v) is 7.63. The lowest BCUT2D eigenvalue weighted by molar-refractivity contribution is -0.137. The topological polar surface area (TPSA) is 35.5 Å². The van der Waals surface area contributed by atoms with Gasteiger partial charge in [0.25, 0.3) is 0 Å². The highest BCUT2D eigenvalue weighted by Gasteiger charge is 2.30. The van der Waals surface area contributed by atoms with Crippen LogP contribution in [0.25, 0.3) is 0 Å². The molecule has 22 heavy (non-hydrogen) atoms. The minimum absolute atomic E-state index is 0.0650. The van der Waals surface area contributed by atoms with Crippen LogP contribution in [0.2, 0.25) is 0 Å². The van der Waals surface area contributed by atoms with Gasteiger partial charge in [0.05, 0.1) is 6.61 Å². The Kier molecular flexibility index (Phi) is 5.95. The number of ether oxygens (including phenoxy) is 2. The van der Waals surface area contributed by atoms with Crippen molar-refractivity contribution >= 4 is 5.78 Å². The van der Waals surface area contributed by atoms with Gasteiger partial charge in [0.1, 0.15) is 17.0 Å². The first-order valence-electron chi connectivity index (χ1n) is 7.63. The average Bonchev–Trinajstić information content (AvgIpc) is 2.39. The van der Waals surface area contributed by atoms with Crippen molar-refractivity contribution in [3.63, 3.8) is 0 Å². The van der Waals surface area contributed by atoms with Gasteiger partial charge in [0.2, 0.25) is 0 Å². The second-order valence-corrected chi connectivity index (χ2v) is 6.89. The zero-order chi connectivity index (χ0) is 17.0. The highest BCUT2D eigenvalue weighted by molar-refractivity contribution is 6.00. The summed E-state index contributed by atoms with van der Waals surface area (Å²) in [5.74, 6) is 0.776. The third-order valence-corrected chi connectivity index (χ3v) is 3.52. The Hall–Kier alpha value is -1.61. The molecule has 0 saturated carbocycles. The first-order chi connectivity index (χ1) is 10.0. The molecule has 0 aliphatic heterocycles. The van der Waals surface area contributed by atoms with Gasteiger partial charge >= 0.3 is 0 Å². The summed E-state index contributed by atoms with van der Waals surface area (Å²) in [5, 5.41) is 0. The number of ketones is 1. The minimum Gasteiger partial charge on any atom is -0.488 e. The van der Waals surface area contributed by atoms with Gasteiger partial charge in [-0.25, -0.2) is 0 Å². The fourth-order valence-electron chi connectivity index (χ4n) is 2.11. The monoisotopic (exact) mass is 304 g/mol. The molecule has 122 valence electrons. The van der Waals surface area contributed by atoms with Gasteiger partial charge in [-0.05, 0) is 59.2 Å². The third-order valence-electron chi connectivity index (χ3n) is 3.52. The summed E-state index contributed by atoms with van der Waals surface area (Å²) < 4.78 is 11.8. The van der Waals surface area contributed by atoms with Crippen LogP contribution >= 0.6 is 0 Å². The quantitative estimate of drug-likeness (QED) is 0.664. The zero-order valence-electron chi connectivity index (χ0n) is 14.7. The molecule has 0 heterocycles. The third kappa shape index (κ3) is 5.64. The van der Waals surface area contributed by atoms with E-state index in [1.165, 1.54) is 5.56 Å². The normalized spacial score (nSPS) is 12.1. The Balaban J connectivity index is 2.53. The Morgan fingerprint density at radius 3 is 2.18 bits per heavy atom. The van der Waals surface area contributed by atoms with E-state index in [0.717, 1.165) is 5.75 Å². The molecule has 0 atom stereocenters. The number of carbonyl (C=O) groups excluding carboxylic acids is 1. The SMILES string of the molecule is C=C(C)C(=O)C(C)(C)OCCC(C)(C)Oc1ccc(C)cc1. The molecule has 0 N–H and O–H groups in total. The molecular weight excluding hydrogens is 276 g/mol. The van der Waals surface area contributed by atoms with Gasteiger partial charge in [-0.15, -0.1) is 0 Å². The Morgan fingerprint density at radius 1 is 1.14 bits per heavy atom. The maximum Gasteiger partial charge on any atom is 0.189 e. The van der Waals surface area contributed by atoms with Crippen LogP contribution in [0.1, 0.15) is 46.6 Å². The lowest BCUT2D eigenvalue weighted by Crippen LogP contribution is -2.38. The fraction of sp³-hybridized carbons (Fsp3) is 0.526. The Morgan fingerprint density at radius 2 is 1.68 bits per heavy atom. The van der Waals surface area contributed by atoms with E-state index in [2.05, 4.69) is 6.58 Å². The average molecular weight is 304 g/mol. The standard InChI is InChI=1S/C19H28O3/c1-14(2)17(20)19(6,7)21-13-12-18(4,5)22-16-10-8-15(3)9-11-16/h8-11H,1,12-13H2,2-7H3. The Bertz CT molecular complexity index is 524. The van der Waals surface area contributed by atoms with Crippen LogP contribution in [0.3, 0.4) is 0 Å². The molecule has 0 fully saturated rings. The van der Waals surface area contributed by atoms with E-state index in [-0.39, 0.29) is 11.4 Å². The molecule has 0 radical (unpaired) electrons. The van der Waals surface area contributed by atoms with Crippen LogP contribution in [0.5, 0.6) is 5.75 Å². The van der Waals surface area contributed by atoms with Crippen molar-refractivity contribution in [2.24, 2.45) is 0 Å². The second-order valence-electron chi connectivity index (χ2n) is 6.89. The molecule has 0 aliphatic carbocycles. The maximum atomic E-state index is 12.0. The summed E-state index contributed by atoms with van der Waals surface area (Å²) in [7, 11) is 0. The number of Topliss-reactive ketones (excluding diaryl/α,β-unsaturated/α-hetero) is 1. The van der Waals surface area contributed by atoms with Crippen molar-refractivity contribution in [3.8, 4) is 5.75 Å². The fourth-order valence-corrected chi connectivity index (χ4v) is 2.11. The van der Waals surface area contributed by atoms with Gasteiger partial charge in [0, 0.05) is 6.42 Å². The zero-order valence-corrected chi connectivity index (χ0v) is 14.7. The van der Waals surface area contributed by atoms with Crippen LogP contribution in [-0.4, -0.2) is 23.6 Å².